The van der Waals surface area contributed by atoms with E-state index in [2.05, 4.69) is 79.7 Å². The van der Waals surface area contributed by atoms with Crippen molar-refractivity contribution in [3.63, 3.8) is 0 Å². The van der Waals surface area contributed by atoms with E-state index in [1.54, 1.807) is 0 Å². The van der Waals surface area contributed by atoms with Crippen molar-refractivity contribution in [1.82, 2.24) is 0 Å². The van der Waals surface area contributed by atoms with E-state index in [4.69, 9.17) is 9.31 Å². The molecule has 130 valence electrons. The molecule has 7 heteroatoms. The van der Waals surface area contributed by atoms with Crippen LogP contribution in [-0.2, 0) is 9.31 Å². The Balaban J connectivity index is 3.57. The Morgan fingerprint density at radius 1 is 0.818 bits per heavy atom. The third-order valence-electron chi connectivity index (χ3n) is 5.46. The van der Waals surface area contributed by atoms with E-state index in [-0.39, 0.29) is 12.3 Å². The first kappa shape index (κ1) is 20.9. The minimum Gasteiger partial charge on any atom is -0.412 e. The van der Waals surface area contributed by atoms with Gasteiger partial charge in [-0.2, -0.15) is 0 Å². The van der Waals surface area contributed by atoms with Crippen molar-refractivity contribution in [1.29, 1.82) is 0 Å². The van der Waals surface area contributed by atoms with Crippen molar-refractivity contribution in [3.8, 4) is 0 Å². The fourth-order valence-electron chi connectivity index (χ4n) is 5.94. The van der Waals surface area contributed by atoms with Crippen LogP contribution >= 0.6 is 0 Å². The number of hydrogen-bond donors (Lipinski definition) is 0. The highest BCUT2D eigenvalue weighted by molar-refractivity contribution is 8.03. The Hall–Kier alpha value is 0.852. The summed E-state index contributed by atoms with van der Waals surface area (Å²) in [5.74, 6) is 0. The molecule has 0 spiro atoms. The lowest BCUT2D eigenvalue weighted by Gasteiger charge is -2.60. The molecule has 0 radical (unpaired) electrons. The van der Waals surface area contributed by atoms with Crippen molar-refractivity contribution in [2.24, 2.45) is 0 Å². The zero-order chi connectivity index (χ0) is 17.8. The maximum Gasteiger partial charge on any atom is 0.425 e. The normalized spacial score (nSPS) is 24.5. The van der Waals surface area contributed by atoms with E-state index in [0.29, 0.717) is 6.10 Å². The SMILES string of the molecule is CC1CC(C)(C)OB([Si]([Si](C)(C)C)([Si](C)(C)C)[Si](C)(C)C)O1. The van der Waals surface area contributed by atoms with Crippen LogP contribution in [0.4, 0.5) is 0 Å². The van der Waals surface area contributed by atoms with Crippen LogP contribution in [0.1, 0.15) is 27.2 Å². The highest BCUT2D eigenvalue weighted by Gasteiger charge is 2.70. The Morgan fingerprint density at radius 3 is 1.45 bits per heavy atom. The van der Waals surface area contributed by atoms with Crippen LogP contribution in [0.15, 0.2) is 0 Å². The van der Waals surface area contributed by atoms with Gasteiger partial charge < -0.3 is 9.31 Å². The van der Waals surface area contributed by atoms with Gasteiger partial charge in [-0.1, -0.05) is 58.9 Å². The topological polar surface area (TPSA) is 18.5 Å². The van der Waals surface area contributed by atoms with Crippen molar-refractivity contribution < 1.29 is 9.31 Å². The molecular weight excluding hydrogens is 335 g/mol. The van der Waals surface area contributed by atoms with E-state index in [1.165, 1.54) is 0 Å². The van der Waals surface area contributed by atoms with Gasteiger partial charge in [0.1, 0.15) is 0 Å². The van der Waals surface area contributed by atoms with Crippen LogP contribution < -0.4 is 0 Å². The summed E-state index contributed by atoms with van der Waals surface area (Å²) in [4.78, 5) is 0. The summed E-state index contributed by atoms with van der Waals surface area (Å²) in [6.07, 6.45) is 1.33. The fourth-order valence-corrected chi connectivity index (χ4v) is 104. The third kappa shape index (κ3) is 3.59. The molecule has 0 N–H and O–H groups in total. The summed E-state index contributed by atoms with van der Waals surface area (Å²) in [5.41, 5.74) is -0.0421. The first-order valence-corrected chi connectivity index (χ1v) is 24.4. The molecule has 0 aromatic rings. The van der Waals surface area contributed by atoms with Crippen molar-refractivity contribution >= 4 is 36.0 Å². The Labute approximate surface area is 143 Å². The molecule has 0 amide bonds. The van der Waals surface area contributed by atoms with Gasteiger partial charge in [-0.3, -0.25) is 0 Å². The molecule has 1 aliphatic heterocycles. The molecule has 1 atom stereocenters. The lowest BCUT2D eigenvalue weighted by atomic mass is 9.97. The number of rotatable bonds is 4. The molecule has 1 rings (SSSR count). The smallest absolute Gasteiger partial charge is 0.412 e. The van der Waals surface area contributed by atoms with Crippen molar-refractivity contribution in [3.05, 3.63) is 0 Å². The average Bonchev–Trinajstić information content (AvgIpc) is 2.04. The fraction of sp³-hybridized carbons (Fsp3) is 1.00. The Bertz CT molecular complexity index is 371. The molecule has 1 fully saturated rings. The Kier molecular flexibility index (Phi) is 5.68. The average molecular weight is 375 g/mol. The zero-order valence-electron chi connectivity index (χ0n) is 17.2. The maximum absolute atomic E-state index is 6.73. The van der Waals surface area contributed by atoms with Gasteiger partial charge in [-0.05, 0) is 27.2 Å². The molecular formula is C15H39BO2Si4. The predicted molar refractivity (Wildman–Crippen MR) is 112 cm³/mol. The summed E-state index contributed by atoms with van der Waals surface area (Å²) in [6, 6.07) is 0. The molecule has 0 aromatic heterocycles. The molecule has 1 aliphatic rings. The van der Waals surface area contributed by atoms with Crippen LogP contribution in [0.5, 0.6) is 0 Å². The highest BCUT2D eigenvalue weighted by Crippen LogP contribution is 2.42. The minimum absolute atomic E-state index is 0.0421. The summed E-state index contributed by atoms with van der Waals surface area (Å²) < 4.78 is 13.3. The first-order valence-electron chi connectivity index (χ1n) is 8.79. The van der Waals surface area contributed by atoms with Gasteiger partial charge in [0.25, 0.3) is 0 Å². The molecule has 0 aliphatic carbocycles. The summed E-state index contributed by atoms with van der Waals surface area (Å²) in [7, 11) is -4.12. The molecule has 2 nitrogen and oxygen atoms in total. The predicted octanol–water partition coefficient (Wildman–Crippen LogP) is 4.86. The van der Waals surface area contributed by atoms with Gasteiger partial charge in [-0.25, -0.2) is 0 Å². The minimum atomic E-state index is -1.66. The lowest BCUT2D eigenvalue weighted by Crippen LogP contribution is -2.91. The molecule has 1 unspecified atom stereocenters. The largest absolute Gasteiger partial charge is 0.425 e. The van der Waals surface area contributed by atoms with Gasteiger partial charge in [0, 0.05) is 28.9 Å². The van der Waals surface area contributed by atoms with Gasteiger partial charge in [0.05, 0.1) is 12.1 Å². The molecule has 0 bridgehead atoms. The van der Waals surface area contributed by atoms with E-state index < -0.39 is 29.3 Å². The van der Waals surface area contributed by atoms with Crippen LogP contribution in [0.3, 0.4) is 0 Å². The molecule has 0 saturated carbocycles. The first-order chi connectivity index (χ1) is 9.46. The highest BCUT2D eigenvalue weighted by atomic mass is 29.9. The van der Waals surface area contributed by atoms with E-state index in [1.807, 2.05) is 0 Å². The quantitative estimate of drug-likeness (QED) is 0.655. The van der Waals surface area contributed by atoms with E-state index in [0.717, 1.165) is 6.42 Å². The van der Waals surface area contributed by atoms with Gasteiger partial charge in [-0.15, -0.1) is 0 Å². The summed E-state index contributed by atoms with van der Waals surface area (Å²) >= 11 is 0. The zero-order valence-corrected chi connectivity index (χ0v) is 21.2. The van der Waals surface area contributed by atoms with Gasteiger partial charge in [0.15, 0.2) is 0 Å². The van der Waals surface area contributed by atoms with Gasteiger partial charge in [0.2, 0.25) is 0 Å². The van der Waals surface area contributed by atoms with Crippen LogP contribution in [-0.4, -0.2) is 47.7 Å². The lowest BCUT2D eigenvalue weighted by molar-refractivity contribution is -0.0203. The maximum atomic E-state index is 6.73. The number of hydrogen-bond acceptors (Lipinski definition) is 2. The molecule has 1 saturated heterocycles. The standard InChI is InChI=1S/C15H39BO2Si4/c1-14-13-15(2,3)18-16(17-14)22(19(4,5)6,20(7,8)9)21(10,11)12/h14H,13H2,1-12H3. The van der Waals surface area contributed by atoms with Gasteiger partial charge >= 0.3 is 6.71 Å². The summed E-state index contributed by atoms with van der Waals surface area (Å²) in [5, 5.41) is 0. The second-order valence-electron chi connectivity index (χ2n) is 10.9. The van der Waals surface area contributed by atoms with Crippen molar-refractivity contribution in [2.75, 3.05) is 0 Å². The van der Waals surface area contributed by atoms with Crippen molar-refractivity contribution in [2.45, 2.75) is 97.8 Å². The molecule has 1 heterocycles. The van der Waals surface area contributed by atoms with Crippen LogP contribution in [0.2, 0.25) is 58.9 Å². The van der Waals surface area contributed by atoms with Crippen LogP contribution in [0, 0.1) is 0 Å². The summed E-state index contributed by atoms with van der Waals surface area (Å²) in [6.45, 7) is 28.7. The van der Waals surface area contributed by atoms with Crippen LogP contribution in [0.25, 0.3) is 0 Å². The monoisotopic (exact) mass is 374 g/mol. The third-order valence-corrected chi connectivity index (χ3v) is 77.4. The van der Waals surface area contributed by atoms with E-state index in [9.17, 15) is 0 Å². The molecule has 22 heavy (non-hydrogen) atoms. The second-order valence-corrected chi connectivity index (χ2v) is 51.6. The Morgan fingerprint density at radius 2 is 1.18 bits per heavy atom. The molecule has 0 aromatic carbocycles. The second kappa shape index (κ2) is 5.98. The van der Waals surface area contributed by atoms with E-state index >= 15 is 0 Å².